The van der Waals surface area contributed by atoms with Crippen LogP contribution in [0, 0.1) is 5.41 Å². The zero-order valence-corrected chi connectivity index (χ0v) is 11.9. The first kappa shape index (κ1) is 13.3. The van der Waals surface area contributed by atoms with Crippen LogP contribution in [0.5, 0.6) is 5.75 Å². The molecule has 0 aromatic heterocycles. The highest BCUT2D eigenvalue weighted by molar-refractivity contribution is 7.80. The maximum Gasteiger partial charge on any atom is 0.119 e. The number of rotatable bonds is 6. The molecule has 1 saturated carbocycles. The second-order valence-corrected chi connectivity index (χ2v) is 6.18. The fourth-order valence-electron chi connectivity index (χ4n) is 2.12. The lowest BCUT2D eigenvalue weighted by molar-refractivity contribution is 0.239. The molecule has 2 N–H and O–H groups in total. The molecule has 3 heteroatoms. The zero-order valence-electron chi connectivity index (χ0n) is 11.1. The molecule has 0 heterocycles. The Labute approximate surface area is 115 Å². The normalized spacial score (nSPS) is 16.6. The van der Waals surface area contributed by atoms with Gasteiger partial charge < -0.3 is 10.5 Å². The van der Waals surface area contributed by atoms with Crippen LogP contribution in [0.2, 0.25) is 0 Å². The summed E-state index contributed by atoms with van der Waals surface area (Å²) in [5, 5.41) is 0. The Morgan fingerprint density at radius 2 is 2.17 bits per heavy atom. The molecule has 0 atom stereocenters. The second kappa shape index (κ2) is 5.27. The predicted octanol–water partition coefficient (Wildman–Crippen LogP) is 3.65. The van der Waals surface area contributed by atoms with Gasteiger partial charge in [-0.25, -0.2) is 0 Å². The van der Waals surface area contributed by atoms with Gasteiger partial charge in [0.05, 0.1) is 11.6 Å². The van der Waals surface area contributed by atoms with Crippen LogP contribution in [-0.2, 0) is 0 Å². The first-order valence-corrected chi connectivity index (χ1v) is 6.93. The van der Waals surface area contributed by atoms with Crippen LogP contribution in [0.1, 0.15) is 44.6 Å². The molecule has 0 unspecified atom stereocenters. The minimum atomic E-state index is 0.222. The maximum atomic E-state index is 5.91. The van der Waals surface area contributed by atoms with Crippen molar-refractivity contribution in [1.82, 2.24) is 0 Å². The SMILES string of the molecule is CC(C)c1cccc(OCC2(CC(N)=S)CC2)c1. The maximum absolute atomic E-state index is 5.91. The van der Waals surface area contributed by atoms with Gasteiger partial charge >= 0.3 is 0 Å². The summed E-state index contributed by atoms with van der Waals surface area (Å²) in [7, 11) is 0. The number of hydrogen-bond acceptors (Lipinski definition) is 2. The lowest BCUT2D eigenvalue weighted by Gasteiger charge is -2.16. The minimum absolute atomic E-state index is 0.222. The quantitative estimate of drug-likeness (QED) is 0.796. The van der Waals surface area contributed by atoms with Crippen LogP contribution in [-0.4, -0.2) is 11.6 Å². The van der Waals surface area contributed by atoms with Crippen molar-refractivity contribution >= 4 is 17.2 Å². The highest BCUT2D eigenvalue weighted by Gasteiger charge is 2.43. The van der Waals surface area contributed by atoms with Crippen LogP contribution in [0.3, 0.4) is 0 Å². The molecule has 1 aromatic rings. The highest BCUT2D eigenvalue weighted by atomic mass is 32.1. The van der Waals surface area contributed by atoms with Gasteiger partial charge in [0.2, 0.25) is 0 Å². The van der Waals surface area contributed by atoms with Gasteiger partial charge in [0.1, 0.15) is 5.75 Å². The molecule has 1 aliphatic carbocycles. The Kier molecular flexibility index (Phi) is 3.91. The van der Waals surface area contributed by atoms with Crippen LogP contribution in [0.4, 0.5) is 0 Å². The van der Waals surface area contributed by atoms with E-state index in [1.165, 1.54) is 18.4 Å². The molecule has 1 aromatic carbocycles. The number of thiocarbonyl (C=S) groups is 1. The predicted molar refractivity (Wildman–Crippen MR) is 79.1 cm³/mol. The molecule has 1 fully saturated rings. The first-order valence-electron chi connectivity index (χ1n) is 6.52. The van der Waals surface area contributed by atoms with E-state index in [1.807, 2.05) is 6.07 Å². The average Bonchev–Trinajstić information content (AvgIpc) is 3.06. The van der Waals surface area contributed by atoms with Crippen LogP contribution in [0.25, 0.3) is 0 Å². The van der Waals surface area contributed by atoms with Crippen molar-refractivity contribution in [3.05, 3.63) is 29.8 Å². The molecule has 2 nitrogen and oxygen atoms in total. The number of ether oxygens (including phenoxy) is 1. The molecular weight excluding hydrogens is 242 g/mol. The Hall–Kier alpha value is -1.09. The zero-order chi connectivity index (χ0) is 13.2. The lowest BCUT2D eigenvalue weighted by atomic mass is 10.0. The minimum Gasteiger partial charge on any atom is -0.493 e. The molecular formula is C15H21NOS. The van der Waals surface area contributed by atoms with Crippen molar-refractivity contribution in [1.29, 1.82) is 0 Å². The summed E-state index contributed by atoms with van der Waals surface area (Å²) in [5.74, 6) is 1.48. The fraction of sp³-hybridized carbons (Fsp3) is 0.533. The number of nitrogens with two attached hydrogens (primary N) is 1. The van der Waals surface area contributed by atoms with Crippen LogP contribution in [0.15, 0.2) is 24.3 Å². The molecule has 0 radical (unpaired) electrons. The summed E-state index contributed by atoms with van der Waals surface area (Å²) in [5.41, 5.74) is 7.16. The van der Waals surface area contributed by atoms with Crippen LogP contribution >= 0.6 is 12.2 Å². The molecule has 0 amide bonds. The van der Waals surface area contributed by atoms with E-state index in [-0.39, 0.29) is 5.41 Å². The number of benzene rings is 1. The monoisotopic (exact) mass is 263 g/mol. The van der Waals surface area contributed by atoms with E-state index in [9.17, 15) is 0 Å². The molecule has 0 saturated heterocycles. The number of hydrogen-bond donors (Lipinski definition) is 1. The van der Waals surface area contributed by atoms with E-state index < -0.39 is 0 Å². The average molecular weight is 263 g/mol. The third kappa shape index (κ3) is 3.45. The third-order valence-electron chi connectivity index (χ3n) is 3.58. The van der Waals surface area contributed by atoms with E-state index in [4.69, 9.17) is 22.7 Å². The highest BCUT2D eigenvalue weighted by Crippen LogP contribution is 2.49. The van der Waals surface area contributed by atoms with E-state index >= 15 is 0 Å². The van der Waals surface area contributed by atoms with Crippen LogP contribution < -0.4 is 10.5 Å². The van der Waals surface area contributed by atoms with Gasteiger partial charge in [0.25, 0.3) is 0 Å². The summed E-state index contributed by atoms with van der Waals surface area (Å²) >= 11 is 4.99. The van der Waals surface area contributed by atoms with E-state index in [1.54, 1.807) is 0 Å². The van der Waals surface area contributed by atoms with Crippen molar-refractivity contribution in [2.45, 2.75) is 39.0 Å². The molecule has 98 valence electrons. The summed E-state index contributed by atoms with van der Waals surface area (Å²) in [4.78, 5) is 0.604. The molecule has 0 bridgehead atoms. The van der Waals surface area contributed by atoms with Gasteiger partial charge in [-0.2, -0.15) is 0 Å². The summed E-state index contributed by atoms with van der Waals surface area (Å²) < 4.78 is 5.91. The Balaban J connectivity index is 1.94. The lowest BCUT2D eigenvalue weighted by Crippen LogP contribution is -2.21. The van der Waals surface area contributed by atoms with E-state index in [0.29, 0.717) is 10.9 Å². The van der Waals surface area contributed by atoms with Crippen molar-refractivity contribution in [3.8, 4) is 5.75 Å². The Morgan fingerprint density at radius 3 is 2.72 bits per heavy atom. The molecule has 0 aliphatic heterocycles. The second-order valence-electron chi connectivity index (χ2n) is 5.66. The molecule has 1 aliphatic rings. The smallest absolute Gasteiger partial charge is 0.119 e. The summed E-state index contributed by atoms with van der Waals surface area (Å²) in [6, 6.07) is 8.33. The Morgan fingerprint density at radius 1 is 1.44 bits per heavy atom. The molecule has 0 spiro atoms. The molecule has 18 heavy (non-hydrogen) atoms. The van der Waals surface area contributed by atoms with E-state index in [0.717, 1.165) is 18.8 Å². The summed E-state index contributed by atoms with van der Waals surface area (Å²) in [6.45, 7) is 5.11. The standard InChI is InChI=1S/C15H21NOS/c1-11(2)12-4-3-5-13(8-12)17-10-15(6-7-15)9-14(16)18/h3-5,8,11H,6-7,9-10H2,1-2H3,(H2,16,18). The fourth-order valence-corrected chi connectivity index (χ4v) is 2.42. The Bertz CT molecular complexity index is 438. The first-order chi connectivity index (χ1) is 8.51. The van der Waals surface area contributed by atoms with Gasteiger partial charge in [-0.15, -0.1) is 0 Å². The van der Waals surface area contributed by atoms with Gasteiger partial charge in [-0.1, -0.05) is 38.2 Å². The van der Waals surface area contributed by atoms with E-state index in [2.05, 4.69) is 32.0 Å². The van der Waals surface area contributed by atoms with Crippen molar-refractivity contribution < 1.29 is 4.74 Å². The third-order valence-corrected chi connectivity index (χ3v) is 3.72. The van der Waals surface area contributed by atoms with Crippen molar-refractivity contribution in [3.63, 3.8) is 0 Å². The van der Waals surface area contributed by atoms with Gasteiger partial charge in [0.15, 0.2) is 0 Å². The topological polar surface area (TPSA) is 35.2 Å². The van der Waals surface area contributed by atoms with Gasteiger partial charge in [-0.05, 0) is 36.5 Å². The van der Waals surface area contributed by atoms with Gasteiger partial charge in [-0.3, -0.25) is 0 Å². The molecule has 2 rings (SSSR count). The van der Waals surface area contributed by atoms with Gasteiger partial charge in [0, 0.05) is 11.8 Å². The summed E-state index contributed by atoms with van der Waals surface area (Å²) in [6.07, 6.45) is 3.16. The van der Waals surface area contributed by atoms with Crippen molar-refractivity contribution in [2.24, 2.45) is 11.1 Å². The van der Waals surface area contributed by atoms with Crippen molar-refractivity contribution in [2.75, 3.05) is 6.61 Å². The largest absolute Gasteiger partial charge is 0.493 e.